The Hall–Kier alpha value is -4.06. The van der Waals surface area contributed by atoms with Gasteiger partial charge in [0.15, 0.2) is 0 Å². The summed E-state index contributed by atoms with van der Waals surface area (Å²) in [6, 6.07) is 15.0. The Morgan fingerprint density at radius 3 is 2.39 bits per heavy atom. The van der Waals surface area contributed by atoms with Crippen molar-refractivity contribution in [2.75, 3.05) is 0 Å². The maximum atomic E-state index is 10.9. The van der Waals surface area contributed by atoms with Crippen molar-refractivity contribution < 1.29 is 29.6 Å². The number of benzene rings is 3. The van der Waals surface area contributed by atoms with E-state index in [9.17, 15) is 20.4 Å². The summed E-state index contributed by atoms with van der Waals surface area (Å²) in [5, 5.41) is 42.2. The number of phenolic OH excluding ortho intramolecular Hbond substituents is 4. The molecule has 0 amide bonds. The monoisotopic (exact) mass is 442 g/mol. The average molecular weight is 442 g/mol. The van der Waals surface area contributed by atoms with Crippen molar-refractivity contribution in [2.45, 2.75) is 31.3 Å². The van der Waals surface area contributed by atoms with E-state index in [0.29, 0.717) is 34.6 Å². The highest BCUT2D eigenvalue weighted by molar-refractivity contribution is 5.86. The van der Waals surface area contributed by atoms with E-state index in [4.69, 9.17) is 9.15 Å². The van der Waals surface area contributed by atoms with Gasteiger partial charge in [0, 0.05) is 23.1 Å². The van der Waals surface area contributed by atoms with Crippen LogP contribution < -0.4 is 4.74 Å². The topological polar surface area (TPSA) is 103 Å². The number of ether oxygens (including phenoxy) is 1. The van der Waals surface area contributed by atoms with Crippen LogP contribution in [0.2, 0.25) is 0 Å². The number of rotatable bonds is 2. The highest BCUT2D eigenvalue weighted by Gasteiger charge is 2.41. The van der Waals surface area contributed by atoms with Gasteiger partial charge >= 0.3 is 0 Å². The van der Waals surface area contributed by atoms with Gasteiger partial charge in [-0.15, -0.1) is 0 Å². The maximum absolute atomic E-state index is 10.9. The Morgan fingerprint density at radius 1 is 0.879 bits per heavy atom. The lowest BCUT2D eigenvalue weighted by molar-refractivity contribution is 0.0955. The van der Waals surface area contributed by atoms with Crippen LogP contribution in [-0.4, -0.2) is 26.0 Å². The number of fused-ring (bicyclic) bond motifs is 5. The summed E-state index contributed by atoms with van der Waals surface area (Å²) in [4.78, 5) is 0. The molecule has 2 bridgehead atoms. The normalized spacial score (nSPS) is 21.4. The van der Waals surface area contributed by atoms with Crippen LogP contribution in [0.3, 0.4) is 0 Å². The van der Waals surface area contributed by atoms with Crippen molar-refractivity contribution in [2.24, 2.45) is 0 Å². The van der Waals surface area contributed by atoms with E-state index in [1.54, 1.807) is 42.5 Å². The van der Waals surface area contributed by atoms with Crippen molar-refractivity contribution in [3.8, 4) is 40.1 Å². The summed E-state index contributed by atoms with van der Waals surface area (Å²) < 4.78 is 12.0. The molecule has 1 aliphatic carbocycles. The molecule has 33 heavy (non-hydrogen) atoms. The van der Waals surface area contributed by atoms with E-state index in [2.05, 4.69) is 0 Å². The number of phenols is 4. The molecule has 4 aromatic rings. The maximum Gasteiger partial charge on any atom is 0.138 e. The van der Waals surface area contributed by atoms with Crippen LogP contribution in [0.15, 0.2) is 65.1 Å². The van der Waals surface area contributed by atoms with Gasteiger partial charge in [-0.3, -0.25) is 0 Å². The zero-order chi connectivity index (χ0) is 22.9. The van der Waals surface area contributed by atoms with Gasteiger partial charge < -0.3 is 29.6 Å². The molecule has 166 valence electrons. The molecule has 0 unspecified atom stereocenters. The first kappa shape index (κ1) is 19.6. The molecule has 6 nitrogen and oxygen atoms in total. The van der Waals surface area contributed by atoms with E-state index in [1.165, 1.54) is 6.07 Å². The first-order chi connectivity index (χ1) is 15.8. The molecule has 0 saturated carbocycles. The van der Waals surface area contributed by atoms with E-state index in [-0.39, 0.29) is 28.9 Å². The van der Waals surface area contributed by atoms with E-state index in [0.717, 1.165) is 22.9 Å². The number of hydrogen-bond donors (Lipinski definition) is 4. The average Bonchev–Trinajstić information content (AvgIpc) is 3.15. The second kappa shape index (κ2) is 6.72. The van der Waals surface area contributed by atoms with Crippen molar-refractivity contribution in [1.82, 2.24) is 0 Å². The first-order valence-electron chi connectivity index (χ1n) is 10.8. The van der Waals surface area contributed by atoms with E-state index in [1.807, 2.05) is 19.1 Å². The largest absolute Gasteiger partial charge is 0.508 e. The van der Waals surface area contributed by atoms with Crippen LogP contribution in [0.4, 0.5) is 0 Å². The molecule has 1 aliphatic heterocycles. The highest BCUT2D eigenvalue weighted by Crippen LogP contribution is 2.53. The number of allylic oxidation sites excluding steroid dienone is 1. The SMILES string of the molecule is C[C@@]12C=C(c3c(O)cc(-c4cc5ccc(O)cc5o4)cc3O)C[C@@H](C1)c1ccc(O)cc1O2. The number of aromatic hydroxyl groups is 4. The fourth-order valence-electron chi connectivity index (χ4n) is 5.22. The molecule has 6 heteroatoms. The molecule has 6 rings (SSSR count). The molecule has 3 aromatic carbocycles. The fourth-order valence-corrected chi connectivity index (χ4v) is 5.22. The first-order valence-corrected chi connectivity index (χ1v) is 10.8. The molecular formula is C27H22O6. The third-order valence-corrected chi connectivity index (χ3v) is 6.58. The summed E-state index contributed by atoms with van der Waals surface area (Å²) in [5.41, 5.74) is 2.64. The third kappa shape index (κ3) is 3.18. The van der Waals surface area contributed by atoms with Gasteiger partial charge in [-0.25, -0.2) is 0 Å². The molecule has 0 fully saturated rings. The van der Waals surface area contributed by atoms with Crippen LogP contribution in [-0.2, 0) is 0 Å². The zero-order valence-electron chi connectivity index (χ0n) is 17.9. The van der Waals surface area contributed by atoms with E-state index < -0.39 is 5.60 Å². The molecule has 0 spiro atoms. The lowest BCUT2D eigenvalue weighted by atomic mass is 9.73. The van der Waals surface area contributed by atoms with Crippen LogP contribution in [0.5, 0.6) is 28.7 Å². The zero-order valence-corrected chi connectivity index (χ0v) is 17.9. The van der Waals surface area contributed by atoms with Gasteiger partial charge in [0.05, 0.1) is 5.56 Å². The predicted octanol–water partition coefficient (Wildman–Crippen LogP) is 6.03. The molecule has 2 heterocycles. The quantitative estimate of drug-likeness (QED) is 0.302. The predicted molar refractivity (Wildman–Crippen MR) is 124 cm³/mol. The Labute approximate surface area is 189 Å². The summed E-state index contributed by atoms with van der Waals surface area (Å²) >= 11 is 0. The lowest BCUT2D eigenvalue weighted by Gasteiger charge is -2.42. The second-order valence-corrected chi connectivity index (χ2v) is 9.13. The standard InChI is InChI=1S/C27H22O6/c1-27-12-16(20-5-4-19(29)11-25(20)33-27)6-17(13-27)26-21(30)7-15(8-22(26)31)23-9-14-2-3-18(28)10-24(14)32-23/h2-5,7-11,13,16,28-31H,6,12H2,1H3/t16-,27-/m0/s1. The molecular weight excluding hydrogens is 420 g/mol. The Bertz CT molecular complexity index is 1440. The molecule has 0 saturated heterocycles. The van der Waals surface area contributed by atoms with Gasteiger partial charge in [-0.2, -0.15) is 0 Å². The molecule has 0 radical (unpaired) electrons. The van der Waals surface area contributed by atoms with Gasteiger partial charge in [0.25, 0.3) is 0 Å². The minimum atomic E-state index is -0.614. The molecule has 4 N–H and O–H groups in total. The smallest absolute Gasteiger partial charge is 0.138 e. The minimum Gasteiger partial charge on any atom is -0.508 e. The summed E-state index contributed by atoms with van der Waals surface area (Å²) in [6.45, 7) is 1.97. The number of hydrogen-bond acceptors (Lipinski definition) is 6. The summed E-state index contributed by atoms with van der Waals surface area (Å²) in [6.07, 6.45) is 3.36. The molecule has 1 aromatic heterocycles. The Kier molecular flexibility index (Phi) is 3.99. The van der Waals surface area contributed by atoms with Crippen molar-refractivity contribution in [1.29, 1.82) is 0 Å². The Balaban J connectivity index is 1.40. The third-order valence-electron chi connectivity index (χ3n) is 6.58. The fraction of sp³-hybridized carbons (Fsp3) is 0.185. The van der Waals surface area contributed by atoms with Gasteiger partial charge in [0.2, 0.25) is 0 Å². The van der Waals surface area contributed by atoms with Gasteiger partial charge in [-0.1, -0.05) is 6.07 Å². The molecule has 2 atom stereocenters. The van der Waals surface area contributed by atoms with Crippen LogP contribution in [0, 0.1) is 0 Å². The lowest BCUT2D eigenvalue weighted by Crippen LogP contribution is -2.39. The van der Waals surface area contributed by atoms with Crippen molar-refractivity contribution in [3.05, 3.63) is 71.8 Å². The summed E-state index contributed by atoms with van der Waals surface area (Å²) in [5.74, 6) is 1.46. The van der Waals surface area contributed by atoms with E-state index >= 15 is 0 Å². The van der Waals surface area contributed by atoms with Crippen LogP contribution >= 0.6 is 0 Å². The van der Waals surface area contributed by atoms with Crippen molar-refractivity contribution in [3.63, 3.8) is 0 Å². The summed E-state index contributed by atoms with van der Waals surface area (Å²) in [7, 11) is 0. The van der Waals surface area contributed by atoms with Gasteiger partial charge in [-0.05, 0) is 79.3 Å². The second-order valence-electron chi connectivity index (χ2n) is 9.13. The Morgan fingerprint density at radius 2 is 1.61 bits per heavy atom. The minimum absolute atomic E-state index is 0.0472. The highest BCUT2D eigenvalue weighted by atomic mass is 16.5. The molecule has 2 aliphatic rings. The van der Waals surface area contributed by atoms with Crippen molar-refractivity contribution >= 4 is 16.5 Å². The van der Waals surface area contributed by atoms with Crippen LogP contribution in [0.25, 0.3) is 27.9 Å². The number of furan rings is 1. The van der Waals surface area contributed by atoms with Crippen LogP contribution in [0.1, 0.15) is 36.8 Å². The van der Waals surface area contributed by atoms with Gasteiger partial charge in [0.1, 0.15) is 45.7 Å².